The van der Waals surface area contributed by atoms with Crippen molar-refractivity contribution in [2.75, 3.05) is 33.0 Å². The Morgan fingerprint density at radius 3 is 2.48 bits per heavy atom. The van der Waals surface area contributed by atoms with E-state index in [1.54, 1.807) is 6.92 Å². The number of benzene rings is 1. The van der Waals surface area contributed by atoms with Gasteiger partial charge in [0.2, 0.25) is 0 Å². The van der Waals surface area contributed by atoms with Gasteiger partial charge in [-0.3, -0.25) is 9.69 Å². The normalized spacial score (nSPS) is 27.2. The first-order valence-electron chi connectivity index (χ1n) is 8.21. The molecular weight excluding hydrogens is 454 g/mol. The van der Waals surface area contributed by atoms with Gasteiger partial charge in [-0.15, -0.1) is 0 Å². The molecule has 2 aliphatic heterocycles. The number of halogens is 2. The Balaban J connectivity index is 1.74. The molecule has 1 N–H and O–H groups in total. The Kier molecular flexibility index (Phi) is 5.82. The van der Waals surface area contributed by atoms with Crippen molar-refractivity contribution >= 4 is 43.8 Å². The maximum Gasteiger partial charge on any atom is 0.326 e. The van der Waals surface area contributed by atoms with Gasteiger partial charge < -0.3 is 10.1 Å². The number of morpholine rings is 1. The number of ether oxygens (including phenoxy) is 1. The van der Waals surface area contributed by atoms with Crippen molar-refractivity contribution in [3.63, 3.8) is 0 Å². The number of alkyl halides is 2. The Morgan fingerprint density at radius 1 is 1.20 bits per heavy atom. The molecule has 8 heteroatoms. The highest BCUT2D eigenvalue weighted by Gasteiger charge is 2.54. The van der Waals surface area contributed by atoms with Gasteiger partial charge in [-0.25, -0.2) is 9.69 Å². The van der Waals surface area contributed by atoms with Gasteiger partial charge in [0.05, 0.1) is 29.5 Å². The van der Waals surface area contributed by atoms with Crippen LogP contribution >= 0.6 is 31.9 Å². The van der Waals surface area contributed by atoms with E-state index < -0.39 is 5.54 Å². The second-order valence-corrected chi connectivity index (χ2v) is 8.42. The molecule has 0 aromatic heterocycles. The van der Waals surface area contributed by atoms with Crippen LogP contribution in [0.4, 0.5) is 4.79 Å². The van der Waals surface area contributed by atoms with E-state index >= 15 is 0 Å². The number of urea groups is 1. The summed E-state index contributed by atoms with van der Waals surface area (Å²) in [5.41, 5.74) is 0.0205. The van der Waals surface area contributed by atoms with Crippen molar-refractivity contribution in [1.29, 1.82) is 0 Å². The van der Waals surface area contributed by atoms with E-state index in [0.717, 1.165) is 18.7 Å². The molecule has 136 valence electrons. The second kappa shape index (κ2) is 7.73. The average Bonchev–Trinajstić information content (AvgIpc) is 2.86. The minimum Gasteiger partial charge on any atom is -0.379 e. The maximum atomic E-state index is 13.0. The van der Waals surface area contributed by atoms with Gasteiger partial charge >= 0.3 is 6.03 Å². The summed E-state index contributed by atoms with van der Waals surface area (Å²) >= 11 is 7.31. The van der Waals surface area contributed by atoms with E-state index in [1.165, 1.54) is 4.90 Å². The monoisotopic (exact) mass is 473 g/mol. The van der Waals surface area contributed by atoms with Crippen molar-refractivity contribution in [3.8, 4) is 0 Å². The van der Waals surface area contributed by atoms with E-state index in [1.807, 2.05) is 30.3 Å². The van der Waals surface area contributed by atoms with Crippen LogP contribution in [0.2, 0.25) is 0 Å². The first kappa shape index (κ1) is 18.8. The third-order valence-electron chi connectivity index (χ3n) is 4.67. The van der Waals surface area contributed by atoms with Crippen LogP contribution < -0.4 is 5.32 Å². The van der Waals surface area contributed by atoms with Gasteiger partial charge in [0, 0.05) is 13.1 Å². The number of amides is 3. The van der Waals surface area contributed by atoms with Crippen molar-refractivity contribution in [1.82, 2.24) is 15.1 Å². The van der Waals surface area contributed by atoms with Gasteiger partial charge in [0.1, 0.15) is 5.54 Å². The molecule has 6 nitrogen and oxygen atoms in total. The SMILES string of the molecule is CC1(C(Br)C(Br)c2ccccc2)NC(=O)N(CN2CCOCC2)C1=O. The highest BCUT2D eigenvalue weighted by Crippen LogP contribution is 2.39. The molecule has 3 amide bonds. The average molecular weight is 475 g/mol. The quantitative estimate of drug-likeness (QED) is 0.526. The van der Waals surface area contributed by atoms with E-state index in [2.05, 4.69) is 42.1 Å². The van der Waals surface area contributed by atoms with E-state index in [-0.39, 0.29) is 21.6 Å². The molecular formula is C17H21Br2N3O3. The van der Waals surface area contributed by atoms with Crippen LogP contribution in [0.5, 0.6) is 0 Å². The first-order valence-corrected chi connectivity index (χ1v) is 10.0. The van der Waals surface area contributed by atoms with Crippen LogP contribution in [-0.2, 0) is 9.53 Å². The highest BCUT2D eigenvalue weighted by molar-refractivity contribution is 9.12. The topological polar surface area (TPSA) is 61.9 Å². The maximum absolute atomic E-state index is 13.0. The fraction of sp³-hybridized carbons (Fsp3) is 0.529. The number of hydrogen-bond donors (Lipinski definition) is 1. The summed E-state index contributed by atoms with van der Waals surface area (Å²) in [6.07, 6.45) is 0. The first-order chi connectivity index (χ1) is 11.9. The molecule has 1 aromatic carbocycles. The number of carbonyl (C=O) groups is 2. The molecule has 3 rings (SSSR count). The van der Waals surface area contributed by atoms with Crippen LogP contribution in [0, 0.1) is 0 Å². The zero-order valence-electron chi connectivity index (χ0n) is 14.0. The summed E-state index contributed by atoms with van der Waals surface area (Å²) < 4.78 is 5.32. The molecule has 2 saturated heterocycles. The second-order valence-electron chi connectivity index (χ2n) is 6.45. The molecule has 25 heavy (non-hydrogen) atoms. The Bertz CT molecular complexity index is 639. The van der Waals surface area contributed by atoms with Crippen LogP contribution in [-0.4, -0.2) is 65.1 Å². The lowest BCUT2D eigenvalue weighted by atomic mass is 9.93. The Morgan fingerprint density at radius 2 is 1.84 bits per heavy atom. The lowest BCUT2D eigenvalue weighted by Crippen LogP contribution is -2.53. The van der Waals surface area contributed by atoms with E-state index in [0.29, 0.717) is 19.9 Å². The van der Waals surface area contributed by atoms with E-state index in [9.17, 15) is 9.59 Å². The molecule has 1 aromatic rings. The van der Waals surface area contributed by atoms with E-state index in [4.69, 9.17) is 4.74 Å². The number of imide groups is 1. The predicted octanol–water partition coefficient (Wildman–Crippen LogP) is 2.49. The third-order valence-corrected chi connectivity index (χ3v) is 7.88. The number of nitrogens with zero attached hydrogens (tertiary/aromatic N) is 2. The summed E-state index contributed by atoms with van der Waals surface area (Å²) in [5.74, 6) is -0.216. The smallest absolute Gasteiger partial charge is 0.326 e. The predicted molar refractivity (Wildman–Crippen MR) is 102 cm³/mol. The lowest BCUT2D eigenvalue weighted by Gasteiger charge is -2.32. The molecule has 2 aliphatic rings. The minimum absolute atomic E-state index is 0.119. The minimum atomic E-state index is -1.02. The van der Waals surface area contributed by atoms with Gasteiger partial charge in [-0.05, 0) is 12.5 Å². The van der Waals surface area contributed by atoms with Crippen molar-refractivity contribution in [2.24, 2.45) is 0 Å². The van der Waals surface area contributed by atoms with Gasteiger partial charge in [0.15, 0.2) is 0 Å². The largest absolute Gasteiger partial charge is 0.379 e. The van der Waals surface area contributed by atoms with Crippen molar-refractivity contribution in [3.05, 3.63) is 35.9 Å². The summed E-state index contributed by atoms with van der Waals surface area (Å²) in [6, 6.07) is 9.47. The van der Waals surface area contributed by atoms with Crippen molar-refractivity contribution < 1.29 is 14.3 Å². The summed E-state index contributed by atoms with van der Waals surface area (Å²) in [7, 11) is 0. The van der Waals surface area contributed by atoms with Gasteiger partial charge in [-0.1, -0.05) is 62.2 Å². The molecule has 0 bridgehead atoms. The fourth-order valence-corrected chi connectivity index (χ4v) is 4.52. The Labute approximate surface area is 164 Å². The summed E-state index contributed by atoms with van der Waals surface area (Å²) in [6.45, 7) is 4.75. The molecule has 0 spiro atoms. The molecule has 3 unspecified atom stereocenters. The van der Waals surface area contributed by atoms with Gasteiger partial charge in [-0.2, -0.15) is 0 Å². The number of carbonyl (C=O) groups excluding carboxylic acids is 2. The lowest BCUT2D eigenvalue weighted by molar-refractivity contribution is -0.132. The number of hydrogen-bond acceptors (Lipinski definition) is 4. The fourth-order valence-electron chi connectivity index (χ4n) is 3.07. The van der Waals surface area contributed by atoms with Crippen LogP contribution in [0.25, 0.3) is 0 Å². The molecule has 2 heterocycles. The zero-order valence-corrected chi connectivity index (χ0v) is 17.1. The standard InChI is InChI=1S/C17H21Br2N3O3/c1-17(14(19)13(18)12-5-3-2-4-6-12)15(23)22(16(24)20-17)11-21-7-9-25-10-8-21/h2-6,13-14H,7-11H2,1H3,(H,20,24). The summed E-state index contributed by atoms with van der Waals surface area (Å²) in [4.78, 5) is 28.4. The van der Waals surface area contributed by atoms with Crippen LogP contribution in [0.3, 0.4) is 0 Å². The molecule has 3 atom stereocenters. The summed E-state index contributed by atoms with van der Waals surface area (Å²) in [5, 5.41) is 2.87. The number of nitrogens with one attached hydrogen (secondary N) is 1. The Hall–Kier alpha value is -0.960. The third kappa shape index (κ3) is 3.77. The zero-order chi connectivity index (χ0) is 18.0. The molecule has 0 aliphatic carbocycles. The van der Waals surface area contributed by atoms with Crippen LogP contribution in [0.15, 0.2) is 30.3 Å². The van der Waals surface area contributed by atoms with Crippen LogP contribution in [0.1, 0.15) is 17.3 Å². The molecule has 0 saturated carbocycles. The molecule has 2 fully saturated rings. The highest BCUT2D eigenvalue weighted by atomic mass is 79.9. The number of rotatable bonds is 5. The van der Waals surface area contributed by atoms with Gasteiger partial charge in [0.25, 0.3) is 5.91 Å². The molecule has 0 radical (unpaired) electrons. The van der Waals surface area contributed by atoms with Crippen molar-refractivity contribution in [2.45, 2.75) is 22.1 Å².